The molecule has 114 valence electrons. The summed E-state index contributed by atoms with van der Waals surface area (Å²) in [5.74, 6) is 5.83. The Bertz CT molecular complexity index is 535. The summed E-state index contributed by atoms with van der Waals surface area (Å²) in [7, 11) is 0. The molecule has 1 unspecified atom stereocenters. The van der Waals surface area contributed by atoms with Gasteiger partial charge in [0.2, 0.25) is 0 Å². The predicted molar refractivity (Wildman–Crippen MR) is 82.9 cm³/mol. The average Bonchev–Trinajstić information content (AvgIpc) is 2.36. The summed E-state index contributed by atoms with van der Waals surface area (Å²) in [4.78, 5) is 11.7. The lowest BCUT2D eigenvalue weighted by Crippen LogP contribution is -2.42. The highest BCUT2D eigenvalue weighted by molar-refractivity contribution is 5.68. The quantitative estimate of drug-likeness (QED) is 0.837. The third kappa shape index (κ3) is 6.82. The molecule has 0 spiro atoms. The Hall–Kier alpha value is -1.99. The van der Waals surface area contributed by atoms with Crippen molar-refractivity contribution < 1.29 is 14.6 Å². The number of benzene rings is 1. The summed E-state index contributed by atoms with van der Waals surface area (Å²) in [5.41, 5.74) is 1.37. The Morgan fingerprint density at radius 3 is 2.71 bits per heavy atom. The van der Waals surface area contributed by atoms with Crippen molar-refractivity contribution in [1.82, 2.24) is 5.32 Å². The first kappa shape index (κ1) is 17.1. The molecule has 0 aliphatic heterocycles. The maximum absolute atomic E-state index is 11.7. The molecule has 0 fully saturated rings. The molecule has 1 amide bonds. The molecule has 0 aromatic heterocycles. The van der Waals surface area contributed by atoms with E-state index in [-0.39, 0.29) is 12.6 Å². The van der Waals surface area contributed by atoms with Crippen LogP contribution < -0.4 is 5.32 Å². The zero-order chi connectivity index (χ0) is 15.9. The van der Waals surface area contributed by atoms with Crippen LogP contribution in [0.1, 0.15) is 38.8 Å². The van der Waals surface area contributed by atoms with Crippen LogP contribution in [0.3, 0.4) is 0 Å². The first-order valence-electron chi connectivity index (χ1n) is 6.96. The molecule has 0 aliphatic rings. The molecule has 0 bridgehead atoms. The molecule has 0 saturated heterocycles. The number of nitrogens with one attached hydrogen (secondary N) is 1. The van der Waals surface area contributed by atoms with Gasteiger partial charge in [0.25, 0.3) is 0 Å². The van der Waals surface area contributed by atoms with Gasteiger partial charge in [0.05, 0.1) is 12.6 Å². The molecule has 1 rings (SSSR count). The average molecular weight is 289 g/mol. The standard InChI is InChI=1S/C17H23NO3/c1-5-7-13-8-6-9-14(10-13)11-15(12-19)18-16(20)21-17(2,3)4/h6,8-10,15,19H,11-12H2,1-4H3,(H,18,20). The maximum atomic E-state index is 11.7. The number of alkyl carbamates (subject to hydrolysis) is 1. The Kier molecular flexibility index (Phi) is 6.26. The van der Waals surface area contributed by atoms with E-state index in [0.29, 0.717) is 6.42 Å². The van der Waals surface area contributed by atoms with Gasteiger partial charge in [-0.05, 0) is 51.8 Å². The van der Waals surface area contributed by atoms with Gasteiger partial charge in [0.1, 0.15) is 5.60 Å². The lowest BCUT2D eigenvalue weighted by Gasteiger charge is -2.22. The fourth-order valence-corrected chi connectivity index (χ4v) is 1.84. The van der Waals surface area contributed by atoms with Gasteiger partial charge in [-0.15, -0.1) is 5.92 Å². The second-order valence-corrected chi connectivity index (χ2v) is 5.81. The second-order valence-electron chi connectivity index (χ2n) is 5.81. The van der Waals surface area contributed by atoms with E-state index in [2.05, 4.69) is 17.2 Å². The normalized spacial score (nSPS) is 12.0. The van der Waals surface area contributed by atoms with Crippen molar-refractivity contribution in [3.63, 3.8) is 0 Å². The largest absolute Gasteiger partial charge is 0.444 e. The molecular formula is C17H23NO3. The van der Waals surface area contributed by atoms with E-state index in [0.717, 1.165) is 11.1 Å². The van der Waals surface area contributed by atoms with Crippen LogP contribution >= 0.6 is 0 Å². The van der Waals surface area contributed by atoms with E-state index >= 15 is 0 Å². The van der Waals surface area contributed by atoms with Crippen molar-refractivity contribution in [3.8, 4) is 11.8 Å². The highest BCUT2D eigenvalue weighted by Crippen LogP contribution is 2.09. The number of carbonyl (C=O) groups excluding carboxylic acids is 1. The third-order valence-corrected chi connectivity index (χ3v) is 2.62. The van der Waals surface area contributed by atoms with Crippen LogP contribution in [0.15, 0.2) is 24.3 Å². The van der Waals surface area contributed by atoms with E-state index in [9.17, 15) is 9.90 Å². The van der Waals surface area contributed by atoms with Crippen molar-refractivity contribution in [2.45, 2.75) is 45.8 Å². The molecule has 1 aromatic carbocycles. The zero-order valence-corrected chi connectivity index (χ0v) is 13.1. The number of ether oxygens (including phenoxy) is 1. The van der Waals surface area contributed by atoms with E-state index in [1.165, 1.54) is 0 Å². The highest BCUT2D eigenvalue weighted by atomic mass is 16.6. The molecule has 0 saturated carbocycles. The van der Waals surface area contributed by atoms with Crippen molar-refractivity contribution >= 4 is 6.09 Å². The zero-order valence-electron chi connectivity index (χ0n) is 13.1. The van der Waals surface area contributed by atoms with Crippen molar-refractivity contribution in [1.29, 1.82) is 0 Å². The Morgan fingerprint density at radius 1 is 1.43 bits per heavy atom. The number of aliphatic hydroxyl groups excluding tert-OH is 1. The van der Waals surface area contributed by atoms with Gasteiger partial charge in [-0.3, -0.25) is 0 Å². The molecule has 1 atom stereocenters. The smallest absolute Gasteiger partial charge is 0.407 e. The van der Waals surface area contributed by atoms with Crippen LogP contribution in [-0.4, -0.2) is 29.4 Å². The van der Waals surface area contributed by atoms with Gasteiger partial charge in [-0.25, -0.2) is 4.79 Å². The van der Waals surface area contributed by atoms with Gasteiger partial charge >= 0.3 is 6.09 Å². The Labute approximate surface area is 126 Å². The van der Waals surface area contributed by atoms with E-state index in [4.69, 9.17) is 4.74 Å². The fraction of sp³-hybridized carbons (Fsp3) is 0.471. The van der Waals surface area contributed by atoms with Crippen molar-refractivity contribution in [2.75, 3.05) is 6.61 Å². The van der Waals surface area contributed by atoms with Crippen molar-refractivity contribution in [3.05, 3.63) is 35.4 Å². The minimum absolute atomic E-state index is 0.150. The van der Waals surface area contributed by atoms with Crippen LogP contribution in [0, 0.1) is 11.8 Å². The molecule has 2 N–H and O–H groups in total. The fourth-order valence-electron chi connectivity index (χ4n) is 1.84. The van der Waals surface area contributed by atoms with E-state index < -0.39 is 11.7 Å². The van der Waals surface area contributed by atoms with Gasteiger partial charge in [0.15, 0.2) is 0 Å². The number of carbonyl (C=O) groups is 1. The summed E-state index contributed by atoms with van der Waals surface area (Å²) >= 11 is 0. The minimum atomic E-state index is -0.555. The first-order valence-corrected chi connectivity index (χ1v) is 6.96. The summed E-state index contributed by atoms with van der Waals surface area (Å²) in [5, 5.41) is 12.1. The van der Waals surface area contributed by atoms with Gasteiger partial charge < -0.3 is 15.2 Å². The molecular weight excluding hydrogens is 266 g/mol. The van der Waals surface area contributed by atoms with Crippen LogP contribution in [0.4, 0.5) is 4.79 Å². The van der Waals surface area contributed by atoms with Gasteiger partial charge in [-0.2, -0.15) is 0 Å². The van der Waals surface area contributed by atoms with Gasteiger partial charge in [-0.1, -0.05) is 18.1 Å². The molecule has 21 heavy (non-hydrogen) atoms. The summed E-state index contributed by atoms with van der Waals surface area (Å²) < 4.78 is 5.19. The summed E-state index contributed by atoms with van der Waals surface area (Å²) in [6.07, 6.45) is 0.000623. The molecule has 0 radical (unpaired) electrons. The number of amides is 1. The number of aliphatic hydroxyl groups is 1. The van der Waals surface area contributed by atoms with E-state index in [1.54, 1.807) is 27.7 Å². The third-order valence-electron chi connectivity index (χ3n) is 2.62. The number of hydrogen-bond acceptors (Lipinski definition) is 3. The number of hydrogen-bond donors (Lipinski definition) is 2. The van der Waals surface area contributed by atoms with Crippen LogP contribution in [0.5, 0.6) is 0 Å². The molecule has 0 heterocycles. The Morgan fingerprint density at radius 2 is 2.14 bits per heavy atom. The minimum Gasteiger partial charge on any atom is -0.444 e. The van der Waals surface area contributed by atoms with E-state index in [1.807, 2.05) is 24.3 Å². The number of rotatable bonds is 4. The predicted octanol–water partition coefficient (Wildman–Crippen LogP) is 2.49. The lowest BCUT2D eigenvalue weighted by atomic mass is 10.0. The molecule has 4 nitrogen and oxygen atoms in total. The van der Waals surface area contributed by atoms with Gasteiger partial charge in [0, 0.05) is 5.56 Å². The summed E-state index contributed by atoms with van der Waals surface area (Å²) in [6.45, 7) is 7.03. The topological polar surface area (TPSA) is 58.6 Å². The van der Waals surface area contributed by atoms with Crippen LogP contribution in [0.25, 0.3) is 0 Å². The lowest BCUT2D eigenvalue weighted by molar-refractivity contribution is 0.0483. The highest BCUT2D eigenvalue weighted by Gasteiger charge is 2.19. The second kappa shape index (κ2) is 7.70. The summed E-state index contributed by atoms with van der Waals surface area (Å²) in [6, 6.07) is 7.35. The first-order chi connectivity index (χ1) is 9.84. The molecule has 0 aliphatic carbocycles. The van der Waals surface area contributed by atoms with Crippen molar-refractivity contribution in [2.24, 2.45) is 0 Å². The van der Waals surface area contributed by atoms with Crippen LogP contribution in [-0.2, 0) is 11.2 Å². The SMILES string of the molecule is CC#Cc1cccc(CC(CO)NC(=O)OC(C)(C)C)c1. The maximum Gasteiger partial charge on any atom is 0.407 e. The monoisotopic (exact) mass is 289 g/mol. The molecule has 1 aromatic rings. The van der Waals surface area contributed by atoms with Crippen LogP contribution in [0.2, 0.25) is 0 Å². The Balaban J connectivity index is 2.67. The molecule has 4 heteroatoms.